The lowest BCUT2D eigenvalue weighted by Crippen LogP contribution is -2.33. The lowest BCUT2D eigenvalue weighted by molar-refractivity contribution is -0.129. The third-order valence-electron chi connectivity index (χ3n) is 6.14. The highest BCUT2D eigenvalue weighted by atomic mass is 16.2. The van der Waals surface area contributed by atoms with Crippen molar-refractivity contribution in [3.63, 3.8) is 0 Å². The summed E-state index contributed by atoms with van der Waals surface area (Å²) < 4.78 is 0. The van der Waals surface area contributed by atoms with Gasteiger partial charge in [-0.25, -0.2) is 0 Å². The Balaban J connectivity index is 1.60. The molecule has 1 saturated carbocycles. The van der Waals surface area contributed by atoms with Crippen molar-refractivity contribution in [2.45, 2.75) is 40.2 Å². The molecule has 0 spiro atoms. The molecule has 0 bridgehead atoms. The van der Waals surface area contributed by atoms with Crippen molar-refractivity contribution in [1.29, 1.82) is 0 Å². The Morgan fingerprint density at radius 1 is 1.14 bits per heavy atom. The van der Waals surface area contributed by atoms with Crippen molar-refractivity contribution in [3.05, 3.63) is 35.9 Å². The lowest BCUT2D eigenvalue weighted by Gasteiger charge is -2.16. The number of carbonyl (C=O) groups excluding carboxylic acids is 1. The molecule has 1 aromatic rings. The van der Waals surface area contributed by atoms with E-state index in [4.69, 9.17) is 0 Å². The zero-order valence-corrected chi connectivity index (χ0v) is 13.5. The minimum atomic E-state index is -0.0580. The topological polar surface area (TPSA) is 32.3 Å². The Labute approximate surface area is 127 Å². The Morgan fingerprint density at radius 2 is 1.76 bits per heavy atom. The van der Waals surface area contributed by atoms with Crippen LogP contribution in [-0.4, -0.2) is 30.1 Å². The summed E-state index contributed by atoms with van der Waals surface area (Å²) in [5.41, 5.74) is 1.90. The van der Waals surface area contributed by atoms with E-state index < -0.39 is 0 Å². The van der Waals surface area contributed by atoms with Crippen LogP contribution in [0.2, 0.25) is 0 Å². The number of nitrogens with one attached hydrogen (secondary N) is 1. The fourth-order valence-electron chi connectivity index (χ4n) is 3.78. The minimum absolute atomic E-state index is 0.0580. The summed E-state index contributed by atoms with van der Waals surface area (Å²) in [4.78, 5) is 14.6. The zero-order valence-electron chi connectivity index (χ0n) is 13.5. The van der Waals surface area contributed by atoms with E-state index in [1.165, 1.54) is 5.56 Å². The number of amides is 1. The van der Waals surface area contributed by atoms with Gasteiger partial charge in [-0.2, -0.15) is 0 Å². The molecule has 1 aromatic carbocycles. The summed E-state index contributed by atoms with van der Waals surface area (Å²) in [6, 6.07) is 10.2. The zero-order chi connectivity index (χ0) is 15.3. The van der Waals surface area contributed by atoms with Crippen LogP contribution < -0.4 is 5.32 Å². The third kappa shape index (κ3) is 2.38. The number of rotatable bonds is 4. The molecule has 1 saturated heterocycles. The lowest BCUT2D eigenvalue weighted by atomic mass is 10.0. The van der Waals surface area contributed by atoms with Gasteiger partial charge < -0.3 is 4.90 Å². The first kappa shape index (κ1) is 14.6. The van der Waals surface area contributed by atoms with E-state index in [9.17, 15) is 4.79 Å². The van der Waals surface area contributed by atoms with Crippen molar-refractivity contribution >= 4 is 5.91 Å². The molecule has 3 heteroatoms. The van der Waals surface area contributed by atoms with Crippen molar-refractivity contribution in [1.82, 2.24) is 10.2 Å². The summed E-state index contributed by atoms with van der Waals surface area (Å²) in [5, 5.41) is 3.37. The van der Waals surface area contributed by atoms with Gasteiger partial charge in [0.2, 0.25) is 5.91 Å². The van der Waals surface area contributed by atoms with Crippen molar-refractivity contribution < 1.29 is 4.79 Å². The van der Waals surface area contributed by atoms with E-state index in [0.717, 1.165) is 13.0 Å². The van der Waals surface area contributed by atoms with Gasteiger partial charge in [0, 0.05) is 6.54 Å². The van der Waals surface area contributed by atoms with Crippen LogP contribution in [0.4, 0.5) is 0 Å². The predicted octanol–water partition coefficient (Wildman–Crippen LogP) is 2.67. The number of hydrogen-bond acceptors (Lipinski definition) is 2. The Hall–Kier alpha value is -1.35. The summed E-state index contributed by atoms with van der Waals surface area (Å²) >= 11 is 0. The molecule has 21 heavy (non-hydrogen) atoms. The normalized spacial score (nSPS) is 27.1. The second-order valence-corrected chi connectivity index (χ2v) is 7.66. The maximum atomic E-state index is 12.6. The van der Waals surface area contributed by atoms with Crippen LogP contribution in [0.3, 0.4) is 0 Å². The van der Waals surface area contributed by atoms with Gasteiger partial charge >= 0.3 is 0 Å². The molecule has 1 atom stereocenters. The van der Waals surface area contributed by atoms with E-state index in [2.05, 4.69) is 45.1 Å². The smallest absolute Gasteiger partial charge is 0.241 e. The van der Waals surface area contributed by atoms with E-state index in [0.29, 0.717) is 23.4 Å². The van der Waals surface area contributed by atoms with E-state index in [-0.39, 0.29) is 11.9 Å². The second kappa shape index (κ2) is 4.84. The highest BCUT2D eigenvalue weighted by molar-refractivity contribution is 5.84. The van der Waals surface area contributed by atoms with Gasteiger partial charge in [-0.1, -0.05) is 58.0 Å². The van der Waals surface area contributed by atoms with Crippen molar-refractivity contribution in [3.8, 4) is 0 Å². The molecule has 1 aliphatic heterocycles. The minimum Gasteiger partial charge on any atom is -0.328 e. The largest absolute Gasteiger partial charge is 0.328 e. The van der Waals surface area contributed by atoms with E-state index in [1.54, 1.807) is 0 Å². The fraction of sp³-hybridized carbons (Fsp3) is 0.611. The molecule has 3 rings (SSSR count). The van der Waals surface area contributed by atoms with Crippen LogP contribution in [0.25, 0.3) is 0 Å². The summed E-state index contributed by atoms with van der Waals surface area (Å²) in [5.74, 6) is 0.864. The number of nitrogens with zero attached hydrogens (tertiary/aromatic N) is 1. The fourth-order valence-corrected chi connectivity index (χ4v) is 3.78. The molecule has 2 fully saturated rings. The summed E-state index contributed by atoms with van der Waals surface area (Å²) in [7, 11) is 0. The SMILES string of the molecule is CC1(C)C(CN2CNC(Cc3ccccc3)C2=O)C1(C)C. The first-order valence-corrected chi connectivity index (χ1v) is 7.90. The van der Waals surface area contributed by atoms with E-state index >= 15 is 0 Å². The maximum Gasteiger partial charge on any atom is 0.241 e. The molecule has 0 radical (unpaired) electrons. The van der Waals surface area contributed by atoms with Gasteiger partial charge in [0.1, 0.15) is 0 Å². The Bertz CT molecular complexity index is 521. The highest BCUT2D eigenvalue weighted by Crippen LogP contribution is 2.68. The van der Waals surface area contributed by atoms with Gasteiger partial charge in [-0.15, -0.1) is 0 Å². The molecule has 1 unspecified atom stereocenters. The molecular weight excluding hydrogens is 260 g/mol. The molecule has 1 N–H and O–H groups in total. The monoisotopic (exact) mass is 286 g/mol. The van der Waals surface area contributed by atoms with Crippen molar-refractivity contribution in [2.75, 3.05) is 13.2 Å². The molecule has 1 amide bonds. The molecule has 0 aromatic heterocycles. The predicted molar refractivity (Wildman–Crippen MR) is 84.7 cm³/mol. The first-order valence-electron chi connectivity index (χ1n) is 7.90. The van der Waals surface area contributed by atoms with Crippen LogP contribution in [0.5, 0.6) is 0 Å². The summed E-state index contributed by atoms with van der Waals surface area (Å²) in [6.07, 6.45) is 0.785. The van der Waals surface area contributed by atoms with Gasteiger partial charge in [0.25, 0.3) is 0 Å². The number of benzene rings is 1. The molecule has 2 aliphatic rings. The quantitative estimate of drug-likeness (QED) is 0.923. The van der Waals surface area contributed by atoms with Crippen LogP contribution >= 0.6 is 0 Å². The van der Waals surface area contributed by atoms with Crippen LogP contribution in [-0.2, 0) is 11.2 Å². The van der Waals surface area contributed by atoms with Crippen LogP contribution in [0.1, 0.15) is 33.3 Å². The van der Waals surface area contributed by atoms with Gasteiger partial charge in [-0.3, -0.25) is 10.1 Å². The van der Waals surface area contributed by atoms with Crippen molar-refractivity contribution in [2.24, 2.45) is 16.7 Å². The number of carbonyl (C=O) groups is 1. The highest BCUT2D eigenvalue weighted by Gasteiger charge is 2.65. The van der Waals surface area contributed by atoms with E-state index in [1.807, 2.05) is 23.1 Å². The van der Waals surface area contributed by atoms with Gasteiger partial charge in [0.05, 0.1) is 12.7 Å². The molecule has 1 heterocycles. The average molecular weight is 286 g/mol. The van der Waals surface area contributed by atoms with Gasteiger partial charge in [-0.05, 0) is 28.7 Å². The second-order valence-electron chi connectivity index (χ2n) is 7.66. The molecule has 3 nitrogen and oxygen atoms in total. The van der Waals surface area contributed by atoms with Crippen LogP contribution in [0.15, 0.2) is 30.3 Å². The van der Waals surface area contributed by atoms with Crippen LogP contribution in [0, 0.1) is 16.7 Å². The first-order chi connectivity index (χ1) is 9.84. The molecule has 114 valence electrons. The third-order valence-corrected chi connectivity index (χ3v) is 6.14. The summed E-state index contributed by atoms with van der Waals surface area (Å²) in [6.45, 7) is 10.8. The van der Waals surface area contributed by atoms with Gasteiger partial charge in [0.15, 0.2) is 0 Å². The molecular formula is C18H26N2O. The number of hydrogen-bond donors (Lipinski definition) is 1. The Kier molecular flexibility index (Phi) is 3.36. The molecule has 1 aliphatic carbocycles. The maximum absolute atomic E-state index is 12.6. The standard InChI is InChI=1S/C18H26N2O/c1-17(2)15(18(17,3)4)11-20-12-19-14(16(20)21)10-13-8-6-5-7-9-13/h5-9,14-15,19H,10-12H2,1-4H3. The Morgan fingerprint density at radius 3 is 2.33 bits per heavy atom. The average Bonchev–Trinajstić information content (AvgIpc) is 2.71.